The Morgan fingerprint density at radius 2 is 1.77 bits per heavy atom. The van der Waals surface area contributed by atoms with Crippen LogP contribution in [0.5, 0.6) is 5.75 Å². The van der Waals surface area contributed by atoms with Crippen molar-refractivity contribution in [2.45, 2.75) is 0 Å². The number of benzene rings is 2. The van der Waals surface area contributed by atoms with Crippen LogP contribution in [-0.2, 0) is 0 Å². The second-order valence-corrected chi connectivity index (χ2v) is 5.27. The summed E-state index contributed by atoms with van der Waals surface area (Å²) in [4.78, 5) is 0. The van der Waals surface area contributed by atoms with Crippen molar-refractivity contribution in [1.29, 1.82) is 0 Å². The van der Waals surface area contributed by atoms with E-state index >= 15 is 0 Å². The van der Waals surface area contributed by atoms with E-state index < -0.39 is 0 Å². The number of ether oxygens (including phenoxy) is 1. The second-order valence-electron chi connectivity index (χ2n) is 4.89. The maximum atomic E-state index is 5.26. The molecule has 0 saturated carbocycles. The van der Waals surface area contributed by atoms with E-state index in [-0.39, 0.29) is 0 Å². The minimum atomic E-state index is 0.482. The van der Waals surface area contributed by atoms with Gasteiger partial charge in [0.2, 0.25) is 4.77 Å². The zero-order valence-corrected chi connectivity index (χ0v) is 12.6. The molecular weight excluding hydrogens is 296 g/mol. The Morgan fingerprint density at radius 1 is 1.05 bits per heavy atom. The number of hydrogen-bond acceptors (Lipinski definition) is 4. The molecule has 0 unspecified atom stereocenters. The van der Waals surface area contributed by atoms with Crippen molar-refractivity contribution in [3.63, 3.8) is 0 Å². The summed E-state index contributed by atoms with van der Waals surface area (Å²) in [5.74, 6) is 0.814. The van der Waals surface area contributed by atoms with E-state index in [0.29, 0.717) is 4.77 Å². The van der Waals surface area contributed by atoms with Crippen LogP contribution >= 0.6 is 12.2 Å². The van der Waals surface area contributed by atoms with Gasteiger partial charge in [0.1, 0.15) is 5.75 Å². The minimum absolute atomic E-state index is 0.482. The average molecular weight is 308 g/mol. The van der Waals surface area contributed by atoms with Crippen molar-refractivity contribution in [2.75, 3.05) is 7.11 Å². The number of H-pyrrole nitrogens is 1. The summed E-state index contributed by atoms with van der Waals surface area (Å²) < 4.78 is 7.36. The van der Waals surface area contributed by atoms with Crippen LogP contribution in [-0.4, -0.2) is 26.9 Å². The number of aromatic amines is 1. The number of nitrogens with one attached hydrogen (secondary N) is 1. The van der Waals surface area contributed by atoms with E-state index in [0.717, 1.165) is 33.4 Å². The third kappa shape index (κ3) is 1.88. The predicted molar refractivity (Wildman–Crippen MR) is 87.7 cm³/mol. The zero-order valence-electron chi connectivity index (χ0n) is 11.8. The first-order valence-corrected chi connectivity index (χ1v) is 7.19. The fourth-order valence-electron chi connectivity index (χ4n) is 2.56. The molecule has 0 aliphatic heterocycles. The summed E-state index contributed by atoms with van der Waals surface area (Å²) in [5.41, 5.74) is 2.60. The first-order chi connectivity index (χ1) is 10.8. The van der Waals surface area contributed by atoms with Gasteiger partial charge in [0.05, 0.1) is 12.8 Å². The molecule has 6 heteroatoms. The van der Waals surface area contributed by atoms with Crippen molar-refractivity contribution in [3.8, 4) is 17.0 Å². The molecule has 2 aromatic heterocycles. The van der Waals surface area contributed by atoms with Crippen LogP contribution < -0.4 is 4.74 Å². The first-order valence-electron chi connectivity index (χ1n) is 6.78. The fourth-order valence-corrected chi connectivity index (χ4v) is 2.73. The normalized spacial score (nSPS) is 11.1. The van der Waals surface area contributed by atoms with Crippen molar-refractivity contribution in [3.05, 3.63) is 53.3 Å². The van der Waals surface area contributed by atoms with Gasteiger partial charge in [-0.1, -0.05) is 24.3 Å². The lowest BCUT2D eigenvalue weighted by atomic mass is 10.0. The Morgan fingerprint density at radius 3 is 2.50 bits per heavy atom. The Balaban J connectivity index is 2.09. The summed E-state index contributed by atoms with van der Waals surface area (Å²) in [6.07, 6.45) is 0. The maximum Gasteiger partial charge on any atom is 0.216 e. The van der Waals surface area contributed by atoms with Crippen molar-refractivity contribution in [1.82, 2.24) is 19.8 Å². The Bertz CT molecular complexity index is 1030. The molecule has 2 heterocycles. The van der Waals surface area contributed by atoms with Crippen LogP contribution in [0.3, 0.4) is 0 Å². The highest BCUT2D eigenvalue weighted by Gasteiger charge is 2.12. The second kappa shape index (κ2) is 4.92. The smallest absolute Gasteiger partial charge is 0.216 e. The van der Waals surface area contributed by atoms with Gasteiger partial charge in [-0.15, -0.1) is 0 Å². The number of hydrogen-bond donors (Lipinski definition) is 1. The van der Waals surface area contributed by atoms with E-state index in [1.807, 2.05) is 48.5 Å². The largest absolute Gasteiger partial charge is 0.497 e. The number of fused-ring (bicyclic) bond motifs is 3. The predicted octanol–water partition coefficient (Wildman–Crippen LogP) is 3.62. The van der Waals surface area contributed by atoms with Gasteiger partial charge in [-0.05, 0) is 36.5 Å². The lowest BCUT2D eigenvalue weighted by Gasteiger charge is -2.08. The highest BCUT2D eigenvalue weighted by molar-refractivity contribution is 7.71. The van der Waals surface area contributed by atoms with Crippen LogP contribution in [0, 0.1) is 4.77 Å². The summed E-state index contributed by atoms with van der Waals surface area (Å²) >= 11 is 5.26. The fraction of sp³-hybridized carbons (Fsp3) is 0.0625. The van der Waals surface area contributed by atoms with E-state index in [2.05, 4.69) is 15.3 Å². The van der Waals surface area contributed by atoms with E-state index in [4.69, 9.17) is 17.0 Å². The summed E-state index contributed by atoms with van der Waals surface area (Å²) in [5, 5.41) is 13.8. The lowest BCUT2D eigenvalue weighted by molar-refractivity contribution is 0.415. The number of aromatic nitrogens is 4. The van der Waals surface area contributed by atoms with Crippen molar-refractivity contribution < 1.29 is 4.74 Å². The standard InChI is InChI=1S/C16H12N4OS/c1-21-11-8-6-10(7-9-11)14-12-4-2-3-5-13(12)15-17-18-16(22)20(15)19-14/h2-9H,1H3,(H,18,22). The monoisotopic (exact) mass is 308 g/mol. The maximum absolute atomic E-state index is 5.26. The number of nitrogens with zero attached hydrogens (tertiary/aromatic N) is 3. The summed E-state index contributed by atoms with van der Waals surface area (Å²) in [6.45, 7) is 0. The topological polar surface area (TPSA) is 55.2 Å². The molecule has 5 nitrogen and oxygen atoms in total. The molecule has 0 aliphatic rings. The van der Waals surface area contributed by atoms with Gasteiger partial charge in [-0.3, -0.25) is 0 Å². The van der Waals surface area contributed by atoms with Gasteiger partial charge in [0.25, 0.3) is 0 Å². The van der Waals surface area contributed by atoms with Gasteiger partial charge in [0, 0.05) is 16.3 Å². The van der Waals surface area contributed by atoms with E-state index in [1.165, 1.54) is 0 Å². The molecule has 1 N–H and O–H groups in total. The van der Waals surface area contributed by atoms with Crippen LogP contribution in [0.1, 0.15) is 0 Å². The third-order valence-electron chi connectivity index (χ3n) is 3.64. The molecule has 22 heavy (non-hydrogen) atoms. The van der Waals surface area contributed by atoms with E-state index in [9.17, 15) is 0 Å². The molecule has 2 aromatic carbocycles. The molecular formula is C16H12N4OS. The Kier molecular flexibility index (Phi) is 2.90. The zero-order chi connectivity index (χ0) is 15.1. The van der Waals surface area contributed by atoms with Gasteiger partial charge in [-0.2, -0.15) is 14.7 Å². The number of methoxy groups -OCH3 is 1. The molecule has 0 spiro atoms. The van der Waals surface area contributed by atoms with Crippen LogP contribution in [0.2, 0.25) is 0 Å². The third-order valence-corrected chi connectivity index (χ3v) is 3.90. The Hall–Kier alpha value is -2.73. The molecule has 0 fully saturated rings. The van der Waals surface area contributed by atoms with Gasteiger partial charge >= 0.3 is 0 Å². The van der Waals surface area contributed by atoms with Gasteiger partial charge in [-0.25, -0.2) is 5.10 Å². The SMILES string of the molecule is COc1ccc(-c2nn3c(=S)[nH]nc3c3ccccc23)cc1. The molecule has 4 rings (SSSR count). The molecule has 108 valence electrons. The summed E-state index contributed by atoms with van der Waals surface area (Å²) in [6, 6.07) is 15.9. The van der Waals surface area contributed by atoms with Gasteiger partial charge < -0.3 is 4.74 Å². The molecule has 0 saturated heterocycles. The minimum Gasteiger partial charge on any atom is -0.497 e. The summed E-state index contributed by atoms with van der Waals surface area (Å²) in [7, 11) is 1.65. The molecule has 0 bridgehead atoms. The van der Waals surface area contributed by atoms with Gasteiger partial charge in [0.15, 0.2) is 5.65 Å². The average Bonchev–Trinajstić information content (AvgIpc) is 2.96. The molecule has 0 atom stereocenters. The molecule has 0 radical (unpaired) electrons. The van der Waals surface area contributed by atoms with Crippen LogP contribution in [0.25, 0.3) is 27.7 Å². The highest BCUT2D eigenvalue weighted by atomic mass is 32.1. The molecule has 0 aliphatic carbocycles. The van der Waals surface area contributed by atoms with Crippen LogP contribution in [0.4, 0.5) is 0 Å². The first kappa shape index (κ1) is 13.0. The van der Waals surface area contributed by atoms with Crippen molar-refractivity contribution >= 4 is 28.6 Å². The van der Waals surface area contributed by atoms with E-state index in [1.54, 1.807) is 11.6 Å². The number of rotatable bonds is 2. The van der Waals surface area contributed by atoms with Crippen molar-refractivity contribution in [2.24, 2.45) is 0 Å². The lowest BCUT2D eigenvalue weighted by Crippen LogP contribution is -1.97. The highest BCUT2D eigenvalue weighted by Crippen LogP contribution is 2.29. The quantitative estimate of drug-likeness (QED) is 0.575. The molecule has 4 aromatic rings. The molecule has 0 amide bonds. The van der Waals surface area contributed by atoms with Crippen LogP contribution in [0.15, 0.2) is 48.5 Å². The Labute approximate surface area is 131 Å².